The van der Waals surface area contributed by atoms with Crippen LogP contribution in [-0.4, -0.2) is 53.6 Å². The van der Waals surface area contributed by atoms with E-state index < -0.39 is 29.2 Å². The molecule has 1 unspecified atom stereocenters. The van der Waals surface area contributed by atoms with Gasteiger partial charge < -0.3 is 24.6 Å². The van der Waals surface area contributed by atoms with E-state index >= 15 is 0 Å². The van der Waals surface area contributed by atoms with Crippen LogP contribution in [0.15, 0.2) is 24.3 Å². The van der Waals surface area contributed by atoms with Crippen molar-refractivity contribution in [2.45, 2.75) is 57.1 Å². The highest BCUT2D eigenvalue weighted by Crippen LogP contribution is 2.37. The second-order valence-electron chi connectivity index (χ2n) is 7.70. The fourth-order valence-corrected chi connectivity index (χ4v) is 4.23. The molecule has 1 aromatic rings. The molecule has 2 aliphatic rings. The predicted molar refractivity (Wildman–Crippen MR) is 103 cm³/mol. The average Bonchev–Trinajstić information content (AvgIpc) is 2.71. The van der Waals surface area contributed by atoms with Crippen molar-refractivity contribution in [3.05, 3.63) is 39.9 Å². The Bertz CT molecular complexity index is 784. The fourth-order valence-electron chi connectivity index (χ4n) is 4.23. The van der Waals surface area contributed by atoms with E-state index in [1.54, 1.807) is 14.0 Å². The third-order valence-electron chi connectivity index (χ3n) is 5.90. The number of aliphatic hydroxyl groups is 1. The van der Waals surface area contributed by atoms with Gasteiger partial charge in [0.1, 0.15) is 12.7 Å². The summed E-state index contributed by atoms with van der Waals surface area (Å²) in [5.74, 6) is -0.983. The minimum atomic E-state index is -0.932. The minimum absolute atomic E-state index is 0.0578. The maximum Gasteiger partial charge on any atom is 0.508 e. The minimum Gasteiger partial charge on any atom is -0.430 e. The molecule has 2 N–H and O–H groups in total. The number of rotatable bonds is 7. The number of nitro groups is 1. The van der Waals surface area contributed by atoms with Crippen LogP contribution in [0.25, 0.3) is 0 Å². The Kier molecular flexibility index (Phi) is 6.88. The standard InChI is InChI=1S/C20H26N2O8/c1-11(30-20(25)29-10-12-6-8-13(9-7-12)22(26)27)16-17(21-19(16)24)14-4-3-5-15(28-2)18(14)23/h6-9,11,14-18,23H,3-5,10H2,1-2H3,(H,21,24)/t11-,14-,15-,16-,17-,18?/m1/s1. The maximum absolute atomic E-state index is 12.1. The van der Waals surface area contributed by atoms with Crippen molar-refractivity contribution in [2.24, 2.45) is 11.8 Å². The second kappa shape index (κ2) is 9.40. The largest absolute Gasteiger partial charge is 0.508 e. The molecule has 3 rings (SSSR count). The molecular formula is C20H26N2O8. The Morgan fingerprint density at radius 2 is 2.03 bits per heavy atom. The van der Waals surface area contributed by atoms with Crippen molar-refractivity contribution in [2.75, 3.05) is 7.11 Å². The number of amides is 1. The first-order chi connectivity index (χ1) is 14.3. The van der Waals surface area contributed by atoms with Crippen molar-refractivity contribution in [3.63, 3.8) is 0 Å². The Labute approximate surface area is 173 Å². The molecule has 1 aliphatic heterocycles. The van der Waals surface area contributed by atoms with E-state index in [0.717, 1.165) is 19.3 Å². The van der Waals surface area contributed by atoms with Crippen LogP contribution in [0.3, 0.4) is 0 Å². The molecule has 1 aliphatic carbocycles. The third-order valence-corrected chi connectivity index (χ3v) is 5.90. The fraction of sp³-hybridized carbons (Fsp3) is 0.600. The zero-order valence-electron chi connectivity index (χ0n) is 16.9. The molecule has 0 bridgehead atoms. The summed E-state index contributed by atoms with van der Waals surface area (Å²) in [5.41, 5.74) is 0.512. The van der Waals surface area contributed by atoms with Gasteiger partial charge in [-0.3, -0.25) is 14.9 Å². The summed E-state index contributed by atoms with van der Waals surface area (Å²) >= 11 is 0. The van der Waals surface area contributed by atoms with Gasteiger partial charge in [0.15, 0.2) is 0 Å². The highest BCUT2D eigenvalue weighted by Gasteiger charge is 2.51. The van der Waals surface area contributed by atoms with Gasteiger partial charge in [-0.15, -0.1) is 0 Å². The molecule has 6 atom stereocenters. The summed E-state index contributed by atoms with van der Waals surface area (Å²) in [4.78, 5) is 34.3. The normalized spacial score (nSPS) is 29.3. The maximum atomic E-state index is 12.1. The van der Waals surface area contributed by atoms with Crippen molar-refractivity contribution >= 4 is 17.7 Å². The number of hydrogen-bond donors (Lipinski definition) is 2. The van der Waals surface area contributed by atoms with Crippen molar-refractivity contribution in [1.82, 2.24) is 5.32 Å². The van der Waals surface area contributed by atoms with Gasteiger partial charge in [-0.2, -0.15) is 0 Å². The summed E-state index contributed by atoms with van der Waals surface area (Å²) in [5, 5.41) is 24.0. The highest BCUT2D eigenvalue weighted by atomic mass is 16.7. The van der Waals surface area contributed by atoms with Crippen LogP contribution < -0.4 is 5.32 Å². The van der Waals surface area contributed by atoms with E-state index in [-0.39, 0.29) is 36.3 Å². The number of carbonyl (C=O) groups is 2. The zero-order valence-corrected chi connectivity index (χ0v) is 16.9. The number of nitro benzene ring substituents is 1. The lowest BCUT2D eigenvalue weighted by Crippen LogP contribution is -2.68. The average molecular weight is 422 g/mol. The summed E-state index contributed by atoms with van der Waals surface area (Å²) < 4.78 is 15.7. The lowest BCUT2D eigenvalue weighted by Gasteiger charge is -2.47. The van der Waals surface area contributed by atoms with Gasteiger partial charge in [0.25, 0.3) is 5.69 Å². The lowest BCUT2D eigenvalue weighted by atomic mass is 9.70. The molecule has 0 aromatic heterocycles. The SMILES string of the molecule is CO[C@@H]1CCC[C@H]([C@H]2NC(=O)[C@@H]2[C@@H](C)OC(=O)OCc2ccc([N+](=O)[O-])cc2)C1O. The molecule has 1 saturated carbocycles. The monoisotopic (exact) mass is 422 g/mol. The molecule has 1 amide bonds. The van der Waals surface area contributed by atoms with Crippen molar-refractivity contribution < 1.29 is 33.8 Å². The van der Waals surface area contributed by atoms with Crippen LogP contribution in [0.5, 0.6) is 0 Å². The van der Waals surface area contributed by atoms with Crippen LogP contribution >= 0.6 is 0 Å². The summed E-state index contributed by atoms with van der Waals surface area (Å²) in [7, 11) is 1.56. The number of β-lactam (4-membered cyclic amide) rings is 1. The molecular weight excluding hydrogens is 396 g/mol. The van der Waals surface area contributed by atoms with Crippen LogP contribution in [0.1, 0.15) is 31.7 Å². The number of ether oxygens (including phenoxy) is 3. The topological polar surface area (TPSA) is 137 Å². The van der Waals surface area contributed by atoms with Gasteiger partial charge in [-0.05, 0) is 37.5 Å². The Hall–Kier alpha value is -2.72. The highest BCUT2D eigenvalue weighted by molar-refractivity contribution is 5.86. The van der Waals surface area contributed by atoms with E-state index in [1.165, 1.54) is 24.3 Å². The molecule has 1 aromatic carbocycles. The first-order valence-electron chi connectivity index (χ1n) is 9.89. The molecule has 10 nitrogen and oxygen atoms in total. The number of non-ortho nitro benzene ring substituents is 1. The lowest BCUT2D eigenvalue weighted by molar-refractivity contribution is -0.384. The van der Waals surface area contributed by atoms with E-state index in [0.29, 0.717) is 5.56 Å². The Balaban J connectivity index is 1.52. The quantitative estimate of drug-likeness (QED) is 0.294. The first-order valence-corrected chi connectivity index (χ1v) is 9.89. The summed E-state index contributed by atoms with van der Waals surface area (Å²) in [6.45, 7) is 1.51. The molecule has 1 saturated heterocycles. The second-order valence-corrected chi connectivity index (χ2v) is 7.70. The van der Waals surface area contributed by atoms with Crippen LogP contribution in [0, 0.1) is 22.0 Å². The van der Waals surface area contributed by atoms with Crippen molar-refractivity contribution in [1.29, 1.82) is 0 Å². The molecule has 30 heavy (non-hydrogen) atoms. The summed E-state index contributed by atoms with van der Waals surface area (Å²) in [6, 6.07) is 5.31. The van der Waals surface area contributed by atoms with Crippen molar-refractivity contribution in [3.8, 4) is 0 Å². The number of nitrogens with one attached hydrogen (secondary N) is 1. The summed E-state index contributed by atoms with van der Waals surface area (Å²) in [6.07, 6.45) is -0.240. The Morgan fingerprint density at radius 1 is 1.33 bits per heavy atom. The zero-order chi connectivity index (χ0) is 21.8. The van der Waals surface area contributed by atoms with E-state index in [9.17, 15) is 24.8 Å². The van der Waals surface area contributed by atoms with Gasteiger partial charge in [0.05, 0.1) is 23.0 Å². The number of methoxy groups -OCH3 is 1. The number of carbonyl (C=O) groups excluding carboxylic acids is 2. The van der Waals surface area contributed by atoms with Gasteiger partial charge in [-0.25, -0.2) is 4.79 Å². The Morgan fingerprint density at radius 3 is 2.63 bits per heavy atom. The molecule has 0 radical (unpaired) electrons. The number of benzene rings is 1. The molecule has 1 heterocycles. The number of hydrogen-bond acceptors (Lipinski definition) is 8. The molecule has 164 valence electrons. The van der Waals surface area contributed by atoms with Gasteiger partial charge in [0.2, 0.25) is 5.91 Å². The van der Waals surface area contributed by atoms with E-state index in [4.69, 9.17) is 14.2 Å². The number of nitrogens with zero attached hydrogens (tertiary/aromatic N) is 1. The third kappa shape index (κ3) is 4.71. The van der Waals surface area contributed by atoms with Crippen LogP contribution in [-0.2, 0) is 25.6 Å². The number of aliphatic hydroxyl groups excluding tert-OH is 1. The van der Waals surface area contributed by atoms with Crippen LogP contribution in [0.4, 0.5) is 10.5 Å². The molecule has 2 fully saturated rings. The van der Waals surface area contributed by atoms with Crippen LogP contribution in [0.2, 0.25) is 0 Å². The molecule has 0 spiro atoms. The predicted octanol–water partition coefficient (Wildman–Crippen LogP) is 1.93. The smallest absolute Gasteiger partial charge is 0.430 e. The van der Waals surface area contributed by atoms with E-state index in [1.807, 2.05) is 0 Å². The first kappa shape index (κ1) is 22.0. The molecule has 10 heteroatoms. The van der Waals surface area contributed by atoms with Gasteiger partial charge >= 0.3 is 6.16 Å². The van der Waals surface area contributed by atoms with Gasteiger partial charge in [-0.1, -0.05) is 6.42 Å². The van der Waals surface area contributed by atoms with E-state index in [2.05, 4.69) is 5.32 Å². The van der Waals surface area contributed by atoms with Gasteiger partial charge in [0, 0.05) is 31.2 Å².